The first-order chi connectivity index (χ1) is 10.6. The Morgan fingerprint density at radius 3 is 2.45 bits per heavy atom. The minimum atomic E-state index is -0.426. The van der Waals surface area contributed by atoms with Crippen molar-refractivity contribution in [1.82, 2.24) is 4.98 Å². The van der Waals surface area contributed by atoms with E-state index < -0.39 is 4.92 Å². The number of hydrogen-bond acceptors (Lipinski definition) is 6. The van der Waals surface area contributed by atoms with Gasteiger partial charge >= 0.3 is 0 Å². The molecule has 0 unspecified atom stereocenters. The number of ether oxygens (including phenoxy) is 2. The summed E-state index contributed by atoms with van der Waals surface area (Å²) in [6.45, 7) is 0. The molecule has 0 bridgehead atoms. The van der Waals surface area contributed by atoms with E-state index in [1.807, 2.05) is 18.2 Å². The zero-order chi connectivity index (χ0) is 15.7. The van der Waals surface area contributed by atoms with Crippen molar-refractivity contribution in [2.45, 2.75) is 0 Å². The Morgan fingerprint density at radius 2 is 1.77 bits per heavy atom. The van der Waals surface area contributed by atoms with Crippen molar-refractivity contribution >= 4 is 27.2 Å². The Morgan fingerprint density at radius 1 is 1.09 bits per heavy atom. The summed E-state index contributed by atoms with van der Waals surface area (Å²) in [5.74, 6) is 1.17. The summed E-state index contributed by atoms with van der Waals surface area (Å²) in [6, 6.07) is 10.3. The maximum absolute atomic E-state index is 11.3. The van der Waals surface area contributed by atoms with E-state index in [-0.39, 0.29) is 5.69 Å². The van der Waals surface area contributed by atoms with Gasteiger partial charge in [0.05, 0.1) is 41.0 Å². The largest absolute Gasteiger partial charge is 0.497 e. The second kappa shape index (κ2) is 5.61. The van der Waals surface area contributed by atoms with Gasteiger partial charge in [0.2, 0.25) is 0 Å². The standard InChI is InChI=1S/C15H12N2O4S/c1-20-9-3-5-11(13(7-9)17(18)19)15-16-12-6-4-10(21-2)8-14(12)22-15/h3-8H,1-2H3. The number of nitrogens with zero attached hydrogens (tertiary/aromatic N) is 2. The summed E-state index contributed by atoms with van der Waals surface area (Å²) in [7, 11) is 3.07. The van der Waals surface area contributed by atoms with Crippen molar-refractivity contribution in [1.29, 1.82) is 0 Å². The van der Waals surface area contributed by atoms with Crippen LogP contribution in [-0.2, 0) is 0 Å². The summed E-state index contributed by atoms with van der Waals surface area (Å²) in [5, 5.41) is 11.9. The second-order valence-corrected chi connectivity index (χ2v) is 5.52. The topological polar surface area (TPSA) is 74.5 Å². The number of hydrogen-bond donors (Lipinski definition) is 0. The van der Waals surface area contributed by atoms with Crippen LogP contribution in [0, 0.1) is 10.1 Å². The summed E-state index contributed by atoms with van der Waals surface area (Å²) in [5.41, 5.74) is 1.24. The van der Waals surface area contributed by atoms with E-state index in [2.05, 4.69) is 4.98 Å². The molecule has 0 atom stereocenters. The first kappa shape index (κ1) is 14.3. The lowest BCUT2D eigenvalue weighted by molar-refractivity contribution is -0.384. The molecule has 22 heavy (non-hydrogen) atoms. The number of nitro groups is 1. The molecular weight excluding hydrogens is 304 g/mol. The zero-order valence-electron chi connectivity index (χ0n) is 11.9. The van der Waals surface area contributed by atoms with Crippen LogP contribution in [-0.4, -0.2) is 24.1 Å². The van der Waals surface area contributed by atoms with Crippen LogP contribution in [0.15, 0.2) is 36.4 Å². The average Bonchev–Trinajstić information content (AvgIpc) is 2.96. The first-order valence-corrected chi connectivity index (χ1v) is 7.21. The van der Waals surface area contributed by atoms with E-state index in [4.69, 9.17) is 9.47 Å². The van der Waals surface area contributed by atoms with Crippen molar-refractivity contribution < 1.29 is 14.4 Å². The number of benzene rings is 2. The molecule has 0 aliphatic heterocycles. The lowest BCUT2D eigenvalue weighted by atomic mass is 10.2. The van der Waals surface area contributed by atoms with Crippen LogP contribution >= 0.6 is 11.3 Å². The minimum Gasteiger partial charge on any atom is -0.497 e. The van der Waals surface area contributed by atoms with Crippen LogP contribution in [0.1, 0.15) is 0 Å². The maximum atomic E-state index is 11.3. The summed E-state index contributed by atoms with van der Waals surface area (Å²) < 4.78 is 11.1. The number of methoxy groups -OCH3 is 2. The van der Waals surface area contributed by atoms with E-state index in [0.717, 1.165) is 16.0 Å². The van der Waals surface area contributed by atoms with Crippen molar-refractivity contribution in [2.24, 2.45) is 0 Å². The lowest BCUT2D eigenvalue weighted by Crippen LogP contribution is -1.93. The van der Waals surface area contributed by atoms with Crippen molar-refractivity contribution in [2.75, 3.05) is 14.2 Å². The van der Waals surface area contributed by atoms with Gasteiger partial charge in [0, 0.05) is 0 Å². The quantitative estimate of drug-likeness (QED) is 0.539. The highest BCUT2D eigenvalue weighted by Gasteiger charge is 2.19. The second-order valence-electron chi connectivity index (χ2n) is 4.49. The molecule has 1 heterocycles. The van der Waals surface area contributed by atoms with Crippen LogP contribution in [0.2, 0.25) is 0 Å². The minimum absolute atomic E-state index is 0.0228. The predicted octanol–water partition coefficient (Wildman–Crippen LogP) is 3.89. The molecule has 0 amide bonds. The van der Waals surface area contributed by atoms with Gasteiger partial charge in [-0.2, -0.15) is 0 Å². The third-order valence-electron chi connectivity index (χ3n) is 3.23. The van der Waals surface area contributed by atoms with E-state index in [1.165, 1.54) is 24.5 Å². The van der Waals surface area contributed by atoms with Gasteiger partial charge in [0.1, 0.15) is 16.5 Å². The fourth-order valence-corrected chi connectivity index (χ4v) is 3.15. The SMILES string of the molecule is COc1ccc(-c2nc3ccc(OC)cc3s2)c([N+](=O)[O-])c1. The van der Waals surface area contributed by atoms with E-state index in [0.29, 0.717) is 16.3 Å². The Hall–Kier alpha value is -2.67. The molecule has 0 saturated carbocycles. The van der Waals surface area contributed by atoms with Crippen LogP contribution in [0.3, 0.4) is 0 Å². The van der Waals surface area contributed by atoms with Gasteiger partial charge < -0.3 is 9.47 Å². The number of thiazole rings is 1. The molecule has 2 aromatic carbocycles. The third-order valence-corrected chi connectivity index (χ3v) is 4.28. The maximum Gasteiger partial charge on any atom is 0.283 e. The predicted molar refractivity (Wildman–Crippen MR) is 84.8 cm³/mol. The molecule has 0 aliphatic carbocycles. The molecule has 6 nitrogen and oxygen atoms in total. The van der Waals surface area contributed by atoms with Gasteiger partial charge in [0.15, 0.2) is 0 Å². The number of rotatable bonds is 4. The molecule has 0 fully saturated rings. The number of nitro benzene ring substituents is 1. The van der Waals surface area contributed by atoms with Crippen LogP contribution in [0.25, 0.3) is 20.8 Å². The Kier molecular flexibility index (Phi) is 3.64. The molecule has 3 rings (SSSR count). The van der Waals surface area contributed by atoms with E-state index in [9.17, 15) is 10.1 Å². The van der Waals surface area contributed by atoms with Gasteiger partial charge in [-0.05, 0) is 30.3 Å². The van der Waals surface area contributed by atoms with Gasteiger partial charge in [-0.3, -0.25) is 10.1 Å². The third kappa shape index (κ3) is 2.46. The molecule has 0 radical (unpaired) electrons. The average molecular weight is 316 g/mol. The van der Waals surface area contributed by atoms with E-state index >= 15 is 0 Å². The monoisotopic (exact) mass is 316 g/mol. The fraction of sp³-hybridized carbons (Fsp3) is 0.133. The van der Waals surface area contributed by atoms with Crippen LogP contribution < -0.4 is 9.47 Å². The van der Waals surface area contributed by atoms with Crippen molar-refractivity contribution in [3.8, 4) is 22.1 Å². The number of aromatic nitrogens is 1. The van der Waals surface area contributed by atoms with Gasteiger partial charge in [-0.1, -0.05) is 0 Å². The molecule has 3 aromatic rings. The molecule has 112 valence electrons. The molecule has 7 heteroatoms. The highest BCUT2D eigenvalue weighted by atomic mass is 32.1. The van der Waals surface area contributed by atoms with Gasteiger partial charge in [-0.25, -0.2) is 4.98 Å². The zero-order valence-corrected chi connectivity index (χ0v) is 12.7. The Balaban J connectivity index is 2.16. The van der Waals surface area contributed by atoms with Crippen molar-refractivity contribution in [3.05, 3.63) is 46.5 Å². The fourth-order valence-electron chi connectivity index (χ4n) is 2.12. The Bertz CT molecular complexity index is 860. The van der Waals surface area contributed by atoms with Crippen LogP contribution in [0.4, 0.5) is 5.69 Å². The van der Waals surface area contributed by atoms with Crippen LogP contribution in [0.5, 0.6) is 11.5 Å². The van der Waals surface area contributed by atoms with Gasteiger partial charge in [0.25, 0.3) is 5.69 Å². The van der Waals surface area contributed by atoms with E-state index in [1.54, 1.807) is 19.2 Å². The molecule has 0 N–H and O–H groups in total. The normalized spacial score (nSPS) is 10.6. The molecule has 0 saturated heterocycles. The summed E-state index contributed by atoms with van der Waals surface area (Å²) in [6.07, 6.45) is 0. The van der Waals surface area contributed by atoms with Gasteiger partial charge in [-0.15, -0.1) is 11.3 Å². The molecule has 0 aliphatic rings. The Labute approximate surface area is 130 Å². The number of fused-ring (bicyclic) bond motifs is 1. The molecule has 0 spiro atoms. The summed E-state index contributed by atoms with van der Waals surface area (Å²) >= 11 is 1.39. The smallest absolute Gasteiger partial charge is 0.283 e. The highest BCUT2D eigenvalue weighted by Crippen LogP contribution is 2.38. The first-order valence-electron chi connectivity index (χ1n) is 6.40. The molecule has 1 aromatic heterocycles. The van der Waals surface area contributed by atoms with Crippen molar-refractivity contribution in [3.63, 3.8) is 0 Å². The molecular formula is C15H12N2O4S. The lowest BCUT2D eigenvalue weighted by Gasteiger charge is -2.02. The highest BCUT2D eigenvalue weighted by molar-refractivity contribution is 7.21. The summed E-state index contributed by atoms with van der Waals surface area (Å²) in [4.78, 5) is 15.3.